The summed E-state index contributed by atoms with van der Waals surface area (Å²) in [6.45, 7) is 5.69. The zero-order valence-corrected chi connectivity index (χ0v) is 21.3. The molecule has 2 aromatic carbocycles. The first kappa shape index (κ1) is 24.0. The summed E-state index contributed by atoms with van der Waals surface area (Å²) < 4.78 is 16.8. The number of nitrogens with zero attached hydrogens (tertiary/aromatic N) is 3. The molecule has 184 valence electrons. The maximum Gasteiger partial charge on any atom is 0.170 e. The molecule has 0 unspecified atom stereocenters. The Morgan fingerprint density at radius 2 is 1.75 bits per heavy atom. The first-order valence-electron chi connectivity index (χ1n) is 12.3. The molecule has 3 heterocycles. The van der Waals surface area contributed by atoms with E-state index in [-0.39, 0.29) is 17.9 Å². The van der Waals surface area contributed by atoms with Gasteiger partial charge in [-0.05, 0) is 80.5 Å². The molecule has 0 amide bonds. The molecule has 5 rings (SSSR count). The van der Waals surface area contributed by atoms with Crippen LogP contribution in [0.2, 0.25) is 0 Å². The molecule has 2 atom stereocenters. The Morgan fingerprint density at radius 3 is 2.50 bits per heavy atom. The molecular weight excluding hydrogens is 469 g/mol. The van der Waals surface area contributed by atoms with Crippen molar-refractivity contribution in [2.24, 2.45) is 0 Å². The quantitative estimate of drug-likeness (QED) is 0.226. The predicted molar refractivity (Wildman–Crippen MR) is 147 cm³/mol. The van der Waals surface area contributed by atoms with Crippen molar-refractivity contribution in [2.75, 3.05) is 18.4 Å². The van der Waals surface area contributed by atoms with E-state index in [0.29, 0.717) is 10.8 Å². The lowest BCUT2D eigenvalue weighted by atomic mass is 9.96. The number of aromatic nitrogens is 2. The van der Waals surface area contributed by atoms with E-state index in [1.165, 1.54) is 6.07 Å². The summed E-state index contributed by atoms with van der Waals surface area (Å²) in [5.41, 5.74) is 5.70. The normalized spacial score (nSPS) is 17.3. The summed E-state index contributed by atoms with van der Waals surface area (Å²) in [4.78, 5) is 6.90. The number of halogens is 1. The molecular formula is C29H30FN5S. The van der Waals surface area contributed by atoms with Crippen molar-refractivity contribution in [1.29, 1.82) is 0 Å². The Morgan fingerprint density at radius 1 is 1.00 bits per heavy atom. The van der Waals surface area contributed by atoms with Crippen LogP contribution in [0.15, 0.2) is 85.1 Å². The van der Waals surface area contributed by atoms with E-state index in [2.05, 4.69) is 45.6 Å². The molecule has 2 N–H and O–H groups in total. The van der Waals surface area contributed by atoms with E-state index >= 15 is 0 Å². The van der Waals surface area contributed by atoms with E-state index < -0.39 is 0 Å². The van der Waals surface area contributed by atoms with E-state index in [1.807, 2.05) is 66.2 Å². The monoisotopic (exact) mass is 499 g/mol. The second-order valence-electron chi connectivity index (χ2n) is 9.08. The highest BCUT2D eigenvalue weighted by Crippen LogP contribution is 2.41. The summed E-state index contributed by atoms with van der Waals surface area (Å²) in [6.07, 6.45) is 2.72. The summed E-state index contributed by atoms with van der Waals surface area (Å²) >= 11 is 5.83. The van der Waals surface area contributed by atoms with Crippen molar-refractivity contribution in [3.05, 3.63) is 114 Å². The molecule has 0 bridgehead atoms. The molecule has 1 aliphatic heterocycles. The standard InChI is InChI=1S/C29H30FN5S/c1-20-19-23(21(2)35(20)26-15-7-6-13-24(26)30)28-27(25-14-8-9-16-32-25)33-29(36)34(28)18-10-17-31-22-11-4-3-5-12-22/h3-9,11-16,19,27-28,31H,10,17-18H2,1-2H3,(H,33,36)/t27-,28+/m0/s1. The number of hydrogen-bond acceptors (Lipinski definition) is 3. The fourth-order valence-corrected chi connectivity index (χ4v) is 5.45. The highest BCUT2D eigenvalue weighted by Gasteiger charge is 2.41. The number of nitrogens with one attached hydrogen (secondary N) is 2. The largest absolute Gasteiger partial charge is 0.385 e. The Kier molecular flexibility index (Phi) is 7.00. The van der Waals surface area contributed by atoms with Crippen LogP contribution in [-0.4, -0.2) is 32.7 Å². The molecule has 7 heteroatoms. The van der Waals surface area contributed by atoms with Gasteiger partial charge in [-0.2, -0.15) is 0 Å². The van der Waals surface area contributed by atoms with Gasteiger partial charge in [-0.15, -0.1) is 0 Å². The van der Waals surface area contributed by atoms with Crippen LogP contribution in [-0.2, 0) is 0 Å². The van der Waals surface area contributed by atoms with Gasteiger partial charge in [-0.25, -0.2) is 4.39 Å². The summed E-state index contributed by atoms with van der Waals surface area (Å²) in [5, 5.41) is 7.72. The van der Waals surface area contributed by atoms with Crippen LogP contribution in [0.1, 0.15) is 41.1 Å². The predicted octanol–water partition coefficient (Wildman–Crippen LogP) is 6.10. The minimum atomic E-state index is -0.240. The third kappa shape index (κ3) is 4.71. The average Bonchev–Trinajstić information content (AvgIpc) is 3.38. The Bertz CT molecular complexity index is 1340. The second-order valence-corrected chi connectivity index (χ2v) is 9.47. The smallest absolute Gasteiger partial charge is 0.170 e. The maximum atomic E-state index is 14.8. The molecule has 0 aliphatic carbocycles. The van der Waals surface area contributed by atoms with E-state index in [1.54, 1.807) is 6.07 Å². The topological polar surface area (TPSA) is 45.1 Å². The highest BCUT2D eigenvalue weighted by atomic mass is 32.1. The molecule has 0 spiro atoms. The molecule has 2 aromatic heterocycles. The van der Waals surface area contributed by atoms with Crippen molar-refractivity contribution < 1.29 is 4.39 Å². The maximum absolute atomic E-state index is 14.8. The third-order valence-corrected chi connectivity index (χ3v) is 7.11. The number of pyridine rings is 1. The van der Waals surface area contributed by atoms with Gasteiger partial charge >= 0.3 is 0 Å². The van der Waals surface area contributed by atoms with E-state index in [0.717, 1.165) is 47.8 Å². The fourth-order valence-electron chi connectivity index (χ4n) is 5.11. The van der Waals surface area contributed by atoms with Crippen molar-refractivity contribution in [1.82, 2.24) is 19.8 Å². The van der Waals surface area contributed by atoms with Gasteiger partial charge in [-0.3, -0.25) is 4.98 Å². The van der Waals surface area contributed by atoms with Gasteiger partial charge in [0.15, 0.2) is 5.11 Å². The van der Waals surface area contributed by atoms with Gasteiger partial charge in [0.1, 0.15) is 5.82 Å². The van der Waals surface area contributed by atoms with Crippen LogP contribution in [0.4, 0.5) is 10.1 Å². The Balaban J connectivity index is 1.46. The summed E-state index contributed by atoms with van der Waals surface area (Å²) in [5.74, 6) is -0.240. The van der Waals surface area contributed by atoms with Crippen LogP contribution < -0.4 is 10.6 Å². The number of benzene rings is 2. The molecule has 36 heavy (non-hydrogen) atoms. The van der Waals surface area contributed by atoms with Crippen LogP contribution >= 0.6 is 12.2 Å². The minimum absolute atomic E-state index is 0.0594. The molecule has 1 fully saturated rings. The molecule has 0 radical (unpaired) electrons. The number of thiocarbonyl (C=S) groups is 1. The van der Waals surface area contributed by atoms with E-state index in [4.69, 9.17) is 12.2 Å². The third-order valence-electron chi connectivity index (χ3n) is 6.76. The minimum Gasteiger partial charge on any atom is -0.385 e. The van der Waals surface area contributed by atoms with Gasteiger partial charge < -0.3 is 20.1 Å². The zero-order chi connectivity index (χ0) is 25.1. The van der Waals surface area contributed by atoms with Crippen LogP contribution in [0.5, 0.6) is 0 Å². The molecule has 1 saturated heterocycles. The molecule has 1 aliphatic rings. The van der Waals surface area contributed by atoms with Crippen molar-refractivity contribution in [3.8, 4) is 5.69 Å². The SMILES string of the molecule is Cc1cc([C@@H]2[C@H](c3ccccn3)NC(=S)N2CCCNc2ccccc2)c(C)n1-c1ccccc1F. The lowest BCUT2D eigenvalue weighted by molar-refractivity contribution is 0.315. The first-order chi connectivity index (χ1) is 17.5. The lowest BCUT2D eigenvalue weighted by Gasteiger charge is -2.28. The van der Waals surface area contributed by atoms with Gasteiger partial charge in [-0.1, -0.05) is 36.4 Å². The fraction of sp³-hybridized carbons (Fsp3) is 0.241. The number of anilines is 1. The number of rotatable bonds is 8. The number of aryl methyl sites for hydroxylation is 1. The van der Waals surface area contributed by atoms with Gasteiger partial charge in [0.2, 0.25) is 0 Å². The Labute approximate surface area is 217 Å². The van der Waals surface area contributed by atoms with Gasteiger partial charge in [0.25, 0.3) is 0 Å². The van der Waals surface area contributed by atoms with Crippen molar-refractivity contribution >= 4 is 23.0 Å². The number of para-hydroxylation sites is 2. The molecule has 0 saturated carbocycles. The first-order valence-corrected chi connectivity index (χ1v) is 12.7. The Hall–Kier alpha value is -3.71. The van der Waals surface area contributed by atoms with Crippen molar-refractivity contribution in [3.63, 3.8) is 0 Å². The van der Waals surface area contributed by atoms with Gasteiger partial charge in [0.05, 0.1) is 23.5 Å². The highest BCUT2D eigenvalue weighted by molar-refractivity contribution is 7.80. The van der Waals surface area contributed by atoms with Gasteiger partial charge in [0, 0.05) is 36.4 Å². The second kappa shape index (κ2) is 10.5. The zero-order valence-electron chi connectivity index (χ0n) is 20.5. The number of hydrogen-bond donors (Lipinski definition) is 2. The average molecular weight is 500 g/mol. The van der Waals surface area contributed by atoms with Crippen molar-refractivity contribution in [2.45, 2.75) is 32.4 Å². The van der Waals surface area contributed by atoms with Crippen LogP contribution in [0.25, 0.3) is 5.69 Å². The van der Waals surface area contributed by atoms with Crippen LogP contribution in [0, 0.1) is 19.7 Å². The van der Waals surface area contributed by atoms with Crippen LogP contribution in [0.3, 0.4) is 0 Å². The van der Waals surface area contributed by atoms with E-state index in [9.17, 15) is 4.39 Å². The molecule has 4 aromatic rings. The lowest BCUT2D eigenvalue weighted by Crippen LogP contribution is -2.31. The molecule has 5 nitrogen and oxygen atoms in total. The summed E-state index contributed by atoms with van der Waals surface area (Å²) in [6, 6.07) is 25.1. The summed E-state index contributed by atoms with van der Waals surface area (Å²) in [7, 11) is 0.